The van der Waals surface area contributed by atoms with E-state index in [9.17, 15) is 23.1 Å². The van der Waals surface area contributed by atoms with Crippen molar-refractivity contribution >= 4 is 32.7 Å². The molecule has 3 rings (SSSR count). The Bertz CT molecular complexity index is 1120. The molecule has 1 unspecified atom stereocenters. The first-order chi connectivity index (χ1) is 12.7. The summed E-state index contributed by atoms with van der Waals surface area (Å²) >= 11 is 0. The first kappa shape index (κ1) is 18.7. The summed E-state index contributed by atoms with van der Waals surface area (Å²) in [5.41, 5.74) is 1.29. The van der Waals surface area contributed by atoms with Crippen molar-refractivity contribution in [1.82, 2.24) is 5.32 Å². The number of fused-ring (bicyclic) bond motifs is 1. The van der Waals surface area contributed by atoms with Gasteiger partial charge in [-0.15, -0.1) is 0 Å². The zero-order valence-electron chi connectivity index (χ0n) is 14.4. The van der Waals surface area contributed by atoms with Gasteiger partial charge >= 0.3 is 5.97 Å². The molecule has 2 N–H and O–H groups in total. The number of sulfone groups is 1. The number of amides is 1. The molecule has 1 atom stereocenters. The number of carboxylic acid groups (broad SMARTS) is 1. The van der Waals surface area contributed by atoms with Gasteiger partial charge in [0.25, 0.3) is 5.91 Å². The smallest absolute Gasteiger partial charge is 0.326 e. The predicted octanol–water partition coefficient (Wildman–Crippen LogP) is 2.26. The van der Waals surface area contributed by atoms with Gasteiger partial charge in [0.05, 0.1) is 11.2 Å². The molecular formula is C19H17NO6S. The molecule has 1 amide bonds. The molecule has 0 fully saturated rings. The highest BCUT2D eigenvalue weighted by Gasteiger charge is 2.22. The lowest BCUT2D eigenvalue weighted by molar-refractivity contribution is -0.139. The van der Waals surface area contributed by atoms with Crippen LogP contribution in [0.5, 0.6) is 0 Å². The van der Waals surface area contributed by atoms with Crippen LogP contribution in [0.3, 0.4) is 0 Å². The Morgan fingerprint density at radius 1 is 1.15 bits per heavy atom. The average molecular weight is 387 g/mol. The van der Waals surface area contributed by atoms with Crippen molar-refractivity contribution in [3.63, 3.8) is 0 Å². The highest BCUT2D eigenvalue weighted by Crippen LogP contribution is 2.17. The van der Waals surface area contributed by atoms with Gasteiger partial charge < -0.3 is 14.8 Å². The van der Waals surface area contributed by atoms with Gasteiger partial charge in [0, 0.05) is 23.6 Å². The van der Waals surface area contributed by atoms with Crippen LogP contribution in [0.2, 0.25) is 0 Å². The van der Waals surface area contributed by atoms with Crippen LogP contribution in [0.25, 0.3) is 11.0 Å². The van der Waals surface area contributed by atoms with Crippen molar-refractivity contribution in [2.24, 2.45) is 0 Å². The van der Waals surface area contributed by atoms with Gasteiger partial charge in [0.1, 0.15) is 11.6 Å². The van der Waals surface area contributed by atoms with E-state index in [0.717, 1.165) is 11.6 Å². The fourth-order valence-electron chi connectivity index (χ4n) is 2.68. The number of furan rings is 1. The number of carboxylic acids is 1. The fraction of sp³-hybridized carbons (Fsp3) is 0.158. The molecule has 0 aliphatic heterocycles. The number of carbonyl (C=O) groups excluding carboxylic acids is 1. The number of carbonyl (C=O) groups is 2. The lowest BCUT2D eigenvalue weighted by Crippen LogP contribution is -2.42. The zero-order valence-corrected chi connectivity index (χ0v) is 15.2. The lowest BCUT2D eigenvalue weighted by atomic mass is 10.1. The van der Waals surface area contributed by atoms with Gasteiger partial charge in [-0.25, -0.2) is 13.2 Å². The van der Waals surface area contributed by atoms with Crippen LogP contribution in [0, 0.1) is 0 Å². The molecule has 0 radical (unpaired) electrons. The number of nitrogens with one attached hydrogen (secondary N) is 1. The molecule has 0 saturated heterocycles. The van der Waals surface area contributed by atoms with Crippen molar-refractivity contribution in [1.29, 1.82) is 0 Å². The van der Waals surface area contributed by atoms with Crippen LogP contribution >= 0.6 is 0 Å². The minimum Gasteiger partial charge on any atom is -0.480 e. The van der Waals surface area contributed by atoms with Crippen molar-refractivity contribution in [3.05, 3.63) is 65.9 Å². The normalized spacial score (nSPS) is 12.6. The molecule has 0 aliphatic rings. The first-order valence-corrected chi connectivity index (χ1v) is 9.93. The number of aliphatic carboxylic acids is 1. The molecule has 0 bridgehead atoms. The second-order valence-electron chi connectivity index (χ2n) is 6.16. The summed E-state index contributed by atoms with van der Waals surface area (Å²) in [4.78, 5) is 24.1. The maximum absolute atomic E-state index is 12.4. The summed E-state index contributed by atoms with van der Waals surface area (Å²) in [6.07, 6.45) is 2.53. The van der Waals surface area contributed by atoms with Crippen LogP contribution in [-0.2, 0) is 21.1 Å². The fourth-order valence-corrected chi connectivity index (χ4v) is 3.37. The van der Waals surface area contributed by atoms with Crippen molar-refractivity contribution in [2.45, 2.75) is 17.4 Å². The van der Waals surface area contributed by atoms with E-state index in [0.29, 0.717) is 11.1 Å². The molecule has 8 heteroatoms. The van der Waals surface area contributed by atoms with Gasteiger partial charge in [0.15, 0.2) is 9.84 Å². The minimum atomic E-state index is -3.41. The van der Waals surface area contributed by atoms with Gasteiger partial charge in [-0.1, -0.05) is 18.2 Å². The Morgan fingerprint density at radius 3 is 2.63 bits per heavy atom. The van der Waals surface area contributed by atoms with E-state index in [1.165, 1.54) is 30.5 Å². The van der Waals surface area contributed by atoms with Crippen LogP contribution in [-0.4, -0.2) is 37.7 Å². The molecule has 27 heavy (non-hydrogen) atoms. The number of benzene rings is 2. The predicted molar refractivity (Wildman–Crippen MR) is 98.4 cm³/mol. The Morgan fingerprint density at radius 2 is 1.93 bits per heavy atom. The summed E-state index contributed by atoms with van der Waals surface area (Å²) < 4.78 is 28.6. The van der Waals surface area contributed by atoms with Gasteiger partial charge in [-0.3, -0.25) is 4.79 Å². The molecule has 0 aliphatic carbocycles. The maximum atomic E-state index is 12.4. The zero-order chi connectivity index (χ0) is 19.6. The van der Waals surface area contributed by atoms with Crippen LogP contribution in [0.15, 0.2) is 64.1 Å². The van der Waals surface area contributed by atoms with Crippen molar-refractivity contribution in [3.8, 4) is 0 Å². The van der Waals surface area contributed by atoms with E-state index in [-0.39, 0.29) is 16.9 Å². The monoisotopic (exact) mass is 387 g/mol. The van der Waals surface area contributed by atoms with Gasteiger partial charge in [-0.2, -0.15) is 0 Å². The first-order valence-electron chi connectivity index (χ1n) is 8.04. The summed E-state index contributed by atoms with van der Waals surface area (Å²) in [5.74, 6) is -1.77. The molecule has 1 heterocycles. The van der Waals surface area contributed by atoms with Crippen LogP contribution in [0.1, 0.15) is 15.9 Å². The van der Waals surface area contributed by atoms with E-state index in [1.807, 2.05) is 0 Å². The second kappa shape index (κ2) is 7.24. The number of hydrogen-bond acceptors (Lipinski definition) is 5. The molecule has 0 saturated carbocycles. The lowest BCUT2D eigenvalue weighted by Gasteiger charge is -2.15. The third kappa shape index (κ3) is 4.35. The minimum absolute atomic E-state index is 0.0482. The van der Waals surface area contributed by atoms with E-state index in [2.05, 4.69) is 5.32 Å². The van der Waals surface area contributed by atoms with Crippen molar-refractivity contribution in [2.75, 3.05) is 6.26 Å². The Kier molecular flexibility index (Phi) is 5.00. The van der Waals surface area contributed by atoms with Gasteiger partial charge in [0.2, 0.25) is 0 Å². The van der Waals surface area contributed by atoms with E-state index >= 15 is 0 Å². The Balaban J connectivity index is 1.79. The SMILES string of the molecule is CS(=O)(=O)c1cccc(CC(NC(=O)c2ccc3ccoc3c2)C(=O)O)c1. The summed E-state index contributed by atoms with van der Waals surface area (Å²) in [6.45, 7) is 0. The molecular weight excluding hydrogens is 370 g/mol. The average Bonchev–Trinajstić information content (AvgIpc) is 3.08. The summed E-state index contributed by atoms with van der Waals surface area (Å²) in [5, 5.41) is 12.7. The highest BCUT2D eigenvalue weighted by atomic mass is 32.2. The van der Waals surface area contributed by atoms with E-state index in [4.69, 9.17) is 4.42 Å². The molecule has 3 aromatic rings. The molecule has 7 nitrogen and oxygen atoms in total. The summed E-state index contributed by atoms with van der Waals surface area (Å²) in [7, 11) is -3.41. The number of hydrogen-bond donors (Lipinski definition) is 2. The summed E-state index contributed by atoms with van der Waals surface area (Å²) in [6, 6.07) is 11.4. The second-order valence-corrected chi connectivity index (χ2v) is 8.18. The van der Waals surface area contributed by atoms with Crippen LogP contribution < -0.4 is 5.32 Å². The van der Waals surface area contributed by atoms with E-state index in [1.54, 1.807) is 24.3 Å². The topological polar surface area (TPSA) is 114 Å². The quantitative estimate of drug-likeness (QED) is 0.671. The number of rotatable bonds is 6. The van der Waals surface area contributed by atoms with Crippen molar-refractivity contribution < 1.29 is 27.5 Å². The molecule has 0 spiro atoms. The third-order valence-electron chi connectivity index (χ3n) is 4.09. The Labute approximate surface area is 155 Å². The van der Waals surface area contributed by atoms with Crippen LogP contribution in [0.4, 0.5) is 0 Å². The van der Waals surface area contributed by atoms with Gasteiger partial charge in [-0.05, 0) is 35.9 Å². The standard InChI is InChI=1S/C19H17NO6S/c1-27(24,25)15-4-2-3-12(9-15)10-16(19(22)23)20-18(21)14-6-5-13-7-8-26-17(13)11-14/h2-9,11,16H,10H2,1H3,(H,20,21)(H,22,23). The van der Waals surface area contributed by atoms with E-state index < -0.39 is 27.8 Å². The third-order valence-corrected chi connectivity index (χ3v) is 5.20. The largest absolute Gasteiger partial charge is 0.480 e. The highest BCUT2D eigenvalue weighted by molar-refractivity contribution is 7.90. The molecule has 1 aromatic heterocycles. The molecule has 2 aromatic carbocycles. The molecule has 140 valence electrons. The Hall–Kier alpha value is -3.13. The maximum Gasteiger partial charge on any atom is 0.326 e.